The number of nitrogens with zero attached hydrogens (tertiary/aromatic N) is 2. The highest BCUT2D eigenvalue weighted by Crippen LogP contribution is 2.24. The first-order valence-corrected chi connectivity index (χ1v) is 6.39. The summed E-state index contributed by atoms with van der Waals surface area (Å²) in [5.74, 6) is 1.28. The Morgan fingerprint density at radius 2 is 1.80 bits per heavy atom. The summed E-state index contributed by atoms with van der Waals surface area (Å²) < 4.78 is 5.71. The lowest BCUT2D eigenvalue weighted by atomic mass is 10.2. The molecule has 100 valence electrons. The minimum Gasteiger partial charge on any atom is -0.454 e. The van der Waals surface area contributed by atoms with Crippen molar-refractivity contribution in [3.8, 4) is 11.5 Å². The van der Waals surface area contributed by atoms with Crippen LogP contribution in [0.4, 0.5) is 0 Å². The molecule has 0 amide bonds. The Bertz CT molecular complexity index is 724. The van der Waals surface area contributed by atoms with Crippen molar-refractivity contribution in [3.63, 3.8) is 0 Å². The summed E-state index contributed by atoms with van der Waals surface area (Å²) in [6.07, 6.45) is 2.70. The Morgan fingerprint density at radius 3 is 2.55 bits per heavy atom. The molecular formula is C16H14N2O2. The number of hydrogen-bond acceptors (Lipinski definition) is 4. The molecular weight excluding hydrogens is 252 g/mol. The van der Waals surface area contributed by atoms with Gasteiger partial charge in [-0.05, 0) is 31.2 Å². The molecule has 3 rings (SSSR count). The quantitative estimate of drug-likeness (QED) is 0.788. The summed E-state index contributed by atoms with van der Waals surface area (Å²) in [7, 11) is 0. The van der Waals surface area contributed by atoms with E-state index in [-0.39, 0.29) is 0 Å². The number of rotatable bonds is 3. The van der Waals surface area contributed by atoms with E-state index < -0.39 is 6.10 Å². The predicted octanol–water partition coefficient (Wildman–Crippen LogP) is 3.48. The Morgan fingerprint density at radius 1 is 1.00 bits per heavy atom. The smallest absolute Gasteiger partial charge is 0.146 e. The standard InChI is InChI=1S/C16H14N2O2/c1-11(19)15-7-6-13(9-17-15)20-14-8-12-4-2-3-5-16(12)18-10-14/h2-11,19H,1H3. The normalized spacial score (nSPS) is 12.3. The third-order valence-electron chi connectivity index (χ3n) is 2.99. The minimum atomic E-state index is -0.577. The second-order valence-corrected chi connectivity index (χ2v) is 4.56. The molecule has 2 aromatic heterocycles. The van der Waals surface area contributed by atoms with Gasteiger partial charge in [0.15, 0.2) is 0 Å². The van der Waals surface area contributed by atoms with E-state index >= 15 is 0 Å². The van der Waals surface area contributed by atoms with E-state index in [0.29, 0.717) is 17.2 Å². The van der Waals surface area contributed by atoms with E-state index in [1.165, 1.54) is 0 Å². The molecule has 1 unspecified atom stereocenters. The summed E-state index contributed by atoms with van der Waals surface area (Å²) in [6, 6.07) is 13.3. The summed E-state index contributed by atoms with van der Waals surface area (Å²) in [6.45, 7) is 1.68. The van der Waals surface area contributed by atoms with Gasteiger partial charge in [-0.15, -0.1) is 0 Å². The molecule has 0 saturated carbocycles. The number of hydrogen-bond donors (Lipinski definition) is 1. The van der Waals surface area contributed by atoms with Crippen molar-refractivity contribution in [2.75, 3.05) is 0 Å². The van der Waals surface area contributed by atoms with E-state index in [2.05, 4.69) is 9.97 Å². The van der Waals surface area contributed by atoms with Crippen LogP contribution < -0.4 is 4.74 Å². The van der Waals surface area contributed by atoms with Gasteiger partial charge >= 0.3 is 0 Å². The summed E-state index contributed by atoms with van der Waals surface area (Å²) in [4.78, 5) is 8.48. The van der Waals surface area contributed by atoms with Gasteiger partial charge in [0, 0.05) is 5.39 Å². The van der Waals surface area contributed by atoms with Gasteiger partial charge in [0.05, 0.1) is 29.7 Å². The number of fused-ring (bicyclic) bond motifs is 1. The van der Waals surface area contributed by atoms with Crippen molar-refractivity contribution in [3.05, 3.63) is 60.6 Å². The lowest BCUT2D eigenvalue weighted by Gasteiger charge is -2.08. The summed E-state index contributed by atoms with van der Waals surface area (Å²) in [5.41, 5.74) is 1.55. The first-order valence-electron chi connectivity index (χ1n) is 6.39. The van der Waals surface area contributed by atoms with Crippen molar-refractivity contribution in [1.29, 1.82) is 0 Å². The Balaban J connectivity index is 1.85. The molecule has 0 spiro atoms. The molecule has 0 aliphatic rings. The van der Waals surface area contributed by atoms with Crippen LogP contribution >= 0.6 is 0 Å². The van der Waals surface area contributed by atoms with Crippen molar-refractivity contribution in [2.45, 2.75) is 13.0 Å². The van der Waals surface area contributed by atoms with Crippen molar-refractivity contribution in [2.24, 2.45) is 0 Å². The number of benzene rings is 1. The van der Waals surface area contributed by atoms with Crippen LogP contribution in [0.25, 0.3) is 10.9 Å². The molecule has 0 bridgehead atoms. The lowest BCUT2D eigenvalue weighted by molar-refractivity contribution is 0.194. The number of pyridine rings is 2. The van der Waals surface area contributed by atoms with E-state index in [0.717, 1.165) is 10.9 Å². The number of aliphatic hydroxyl groups is 1. The van der Waals surface area contributed by atoms with Gasteiger partial charge in [-0.1, -0.05) is 18.2 Å². The van der Waals surface area contributed by atoms with Gasteiger partial charge in [-0.3, -0.25) is 9.97 Å². The molecule has 4 nitrogen and oxygen atoms in total. The average Bonchev–Trinajstić information content (AvgIpc) is 2.48. The fourth-order valence-electron chi connectivity index (χ4n) is 1.94. The highest BCUT2D eigenvalue weighted by molar-refractivity contribution is 5.79. The second kappa shape index (κ2) is 5.27. The first-order chi connectivity index (χ1) is 9.72. The van der Waals surface area contributed by atoms with E-state index in [1.807, 2.05) is 30.3 Å². The zero-order chi connectivity index (χ0) is 13.9. The zero-order valence-electron chi connectivity index (χ0n) is 11.0. The number of ether oxygens (including phenoxy) is 1. The van der Waals surface area contributed by atoms with Crippen molar-refractivity contribution in [1.82, 2.24) is 9.97 Å². The van der Waals surface area contributed by atoms with Crippen LogP contribution in [-0.4, -0.2) is 15.1 Å². The Hall–Kier alpha value is -2.46. The van der Waals surface area contributed by atoms with Crippen LogP contribution in [0.3, 0.4) is 0 Å². The van der Waals surface area contributed by atoms with Crippen LogP contribution in [-0.2, 0) is 0 Å². The predicted molar refractivity (Wildman–Crippen MR) is 76.7 cm³/mol. The molecule has 2 heterocycles. The second-order valence-electron chi connectivity index (χ2n) is 4.56. The maximum Gasteiger partial charge on any atom is 0.146 e. The Labute approximate surface area is 116 Å². The fourth-order valence-corrected chi connectivity index (χ4v) is 1.94. The molecule has 3 aromatic rings. The van der Waals surface area contributed by atoms with Crippen LogP contribution in [0.1, 0.15) is 18.7 Å². The van der Waals surface area contributed by atoms with Gasteiger partial charge < -0.3 is 9.84 Å². The van der Waals surface area contributed by atoms with Gasteiger partial charge in [0.2, 0.25) is 0 Å². The number of aromatic nitrogens is 2. The SMILES string of the molecule is CC(O)c1ccc(Oc2cnc3ccccc3c2)cn1. The largest absolute Gasteiger partial charge is 0.454 e. The van der Waals surface area contributed by atoms with Gasteiger partial charge in [-0.25, -0.2) is 0 Å². The van der Waals surface area contributed by atoms with Crippen LogP contribution in [0.15, 0.2) is 54.9 Å². The van der Waals surface area contributed by atoms with E-state index in [9.17, 15) is 5.11 Å². The van der Waals surface area contributed by atoms with Crippen LogP contribution in [0.2, 0.25) is 0 Å². The molecule has 0 radical (unpaired) electrons. The van der Waals surface area contributed by atoms with Gasteiger partial charge in [0.1, 0.15) is 11.5 Å². The third-order valence-corrected chi connectivity index (χ3v) is 2.99. The highest BCUT2D eigenvalue weighted by Gasteiger charge is 2.04. The maximum absolute atomic E-state index is 9.41. The lowest BCUT2D eigenvalue weighted by Crippen LogP contribution is -1.95. The molecule has 0 aliphatic carbocycles. The van der Waals surface area contributed by atoms with Crippen LogP contribution in [0, 0.1) is 0 Å². The summed E-state index contributed by atoms with van der Waals surface area (Å²) >= 11 is 0. The fraction of sp³-hybridized carbons (Fsp3) is 0.125. The zero-order valence-corrected chi connectivity index (χ0v) is 11.0. The average molecular weight is 266 g/mol. The summed E-state index contributed by atoms with van der Waals surface area (Å²) in [5, 5.41) is 10.4. The Kier molecular flexibility index (Phi) is 3.31. The molecule has 1 atom stereocenters. The molecule has 4 heteroatoms. The number of para-hydroxylation sites is 1. The third kappa shape index (κ3) is 2.60. The molecule has 1 N–H and O–H groups in total. The van der Waals surface area contributed by atoms with E-state index in [1.54, 1.807) is 31.5 Å². The van der Waals surface area contributed by atoms with Crippen LogP contribution in [0.5, 0.6) is 11.5 Å². The van der Waals surface area contributed by atoms with E-state index in [4.69, 9.17) is 4.74 Å². The molecule has 1 aromatic carbocycles. The van der Waals surface area contributed by atoms with Crippen molar-refractivity contribution < 1.29 is 9.84 Å². The van der Waals surface area contributed by atoms with Crippen molar-refractivity contribution >= 4 is 10.9 Å². The molecule has 0 saturated heterocycles. The molecule has 0 aliphatic heterocycles. The number of aliphatic hydroxyl groups excluding tert-OH is 1. The van der Waals surface area contributed by atoms with Gasteiger partial charge in [0.25, 0.3) is 0 Å². The minimum absolute atomic E-state index is 0.577. The topological polar surface area (TPSA) is 55.2 Å². The maximum atomic E-state index is 9.41. The van der Waals surface area contributed by atoms with Gasteiger partial charge in [-0.2, -0.15) is 0 Å². The first kappa shape index (κ1) is 12.6. The molecule has 0 fully saturated rings. The molecule has 20 heavy (non-hydrogen) atoms. The highest BCUT2D eigenvalue weighted by atomic mass is 16.5. The monoisotopic (exact) mass is 266 g/mol.